The fourth-order valence-corrected chi connectivity index (χ4v) is 0.881. The molecule has 0 spiro atoms. The van der Waals surface area contributed by atoms with Crippen molar-refractivity contribution in [3.8, 4) is 0 Å². The van der Waals surface area contributed by atoms with Crippen LogP contribution in [0.3, 0.4) is 0 Å². The van der Waals surface area contributed by atoms with Gasteiger partial charge in [-0.15, -0.1) is 11.6 Å². The quantitative estimate of drug-likeness (QED) is 0.390. The van der Waals surface area contributed by atoms with Crippen molar-refractivity contribution in [2.75, 3.05) is 5.88 Å². The van der Waals surface area contributed by atoms with Crippen LogP contribution in [0.15, 0.2) is 0 Å². The third-order valence-electron chi connectivity index (χ3n) is 1.45. The van der Waals surface area contributed by atoms with Crippen molar-refractivity contribution in [3.63, 3.8) is 0 Å². The monoisotopic (exact) mass is 194 g/mol. The van der Waals surface area contributed by atoms with E-state index in [2.05, 4.69) is 0 Å². The largest absolute Gasteiger partial charge is 0.480 e. The summed E-state index contributed by atoms with van der Waals surface area (Å²) in [4.78, 5) is 21.6. The minimum Gasteiger partial charge on any atom is -0.480 e. The van der Waals surface area contributed by atoms with Crippen LogP contribution in [0, 0.1) is 0 Å². The van der Waals surface area contributed by atoms with Crippen molar-refractivity contribution >= 4 is 23.4 Å². The van der Waals surface area contributed by atoms with Crippen LogP contribution < -0.4 is 11.5 Å². The van der Waals surface area contributed by atoms with Gasteiger partial charge in [0.15, 0.2) is 11.3 Å². The van der Waals surface area contributed by atoms with Gasteiger partial charge in [-0.25, -0.2) is 4.79 Å². The van der Waals surface area contributed by atoms with Crippen LogP contribution >= 0.6 is 11.6 Å². The van der Waals surface area contributed by atoms with Gasteiger partial charge < -0.3 is 16.6 Å². The van der Waals surface area contributed by atoms with Gasteiger partial charge in [0, 0.05) is 0 Å². The van der Waals surface area contributed by atoms with Gasteiger partial charge in [0.1, 0.15) is 0 Å². The molecule has 5 N–H and O–H groups in total. The number of aliphatic carboxylic acids is 1. The highest BCUT2D eigenvalue weighted by atomic mass is 35.5. The van der Waals surface area contributed by atoms with Crippen LogP contribution in [-0.4, -0.2) is 34.3 Å². The van der Waals surface area contributed by atoms with Gasteiger partial charge >= 0.3 is 5.97 Å². The lowest BCUT2D eigenvalue weighted by atomic mass is 9.93. The van der Waals surface area contributed by atoms with E-state index in [4.69, 9.17) is 28.2 Å². The third kappa shape index (κ3) is 1.94. The van der Waals surface area contributed by atoms with Gasteiger partial charge in [-0.2, -0.15) is 0 Å². The summed E-state index contributed by atoms with van der Waals surface area (Å²) in [5, 5.41) is 8.57. The molecule has 0 fully saturated rings. The Morgan fingerprint density at radius 3 is 2.17 bits per heavy atom. The van der Waals surface area contributed by atoms with Gasteiger partial charge in [-0.05, 0) is 6.92 Å². The summed E-state index contributed by atoms with van der Waals surface area (Å²) in [6, 6.07) is -0.926. The molecule has 0 heterocycles. The van der Waals surface area contributed by atoms with Gasteiger partial charge in [-0.1, -0.05) is 0 Å². The summed E-state index contributed by atoms with van der Waals surface area (Å²) in [7, 11) is 0. The molecule has 0 saturated heterocycles. The topological polar surface area (TPSA) is 106 Å². The highest BCUT2D eigenvalue weighted by Crippen LogP contribution is 2.07. The summed E-state index contributed by atoms with van der Waals surface area (Å²) in [5.74, 6) is -2.72. The Balaban J connectivity index is 4.76. The Kier molecular flexibility index (Phi) is 3.63. The van der Waals surface area contributed by atoms with E-state index < -0.39 is 29.2 Å². The van der Waals surface area contributed by atoms with Crippen LogP contribution in [0.25, 0.3) is 0 Å². The van der Waals surface area contributed by atoms with Crippen LogP contribution in [0.4, 0.5) is 0 Å². The second-order valence-corrected chi connectivity index (χ2v) is 2.83. The number of alkyl halides is 1. The van der Waals surface area contributed by atoms with Crippen molar-refractivity contribution in [1.29, 1.82) is 0 Å². The number of ketones is 1. The number of halogens is 1. The molecule has 0 aliphatic heterocycles. The van der Waals surface area contributed by atoms with Gasteiger partial charge in [0.05, 0.1) is 11.9 Å². The first-order valence-corrected chi connectivity index (χ1v) is 3.78. The second-order valence-electron chi connectivity index (χ2n) is 2.56. The number of hydrogen-bond donors (Lipinski definition) is 3. The number of carbonyl (C=O) groups is 2. The highest BCUT2D eigenvalue weighted by molar-refractivity contribution is 6.25. The minimum atomic E-state index is -2.06. The number of hydrogen-bond acceptors (Lipinski definition) is 4. The van der Waals surface area contributed by atoms with E-state index in [1.54, 1.807) is 0 Å². The molecule has 70 valence electrons. The van der Waals surface area contributed by atoms with Crippen molar-refractivity contribution in [1.82, 2.24) is 0 Å². The molecular weight excluding hydrogens is 184 g/mol. The fourth-order valence-electron chi connectivity index (χ4n) is 0.635. The van der Waals surface area contributed by atoms with E-state index >= 15 is 0 Å². The standard InChI is InChI=1S/C6H11ClN2O3/c1-3(8)4(10)6(9,2-7)5(11)12/h3H,2,8-9H2,1H3,(H,11,12). The molecule has 0 saturated carbocycles. The molecule has 0 aromatic carbocycles. The molecule has 2 unspecified atom stereocenters. The van der Waals surface area contributed by atoms with E-state index in [9.17, 15) is 9.59 Å². The van der Waals surface area contributed by atoms with Crippen LogP contribution in [0.5, 0.6) is 0 Å². The molecule has 12 heavy (non-hydrogen) atoms. The normalized spacial score (nSPS) is 18.0. The molecule has 0 aliphatic carbocycles. The summed E-state index contributed by atoms with van der Waals surface area (Å²) in [6.45, 7) is 1.36. The number of carbonyl (C=O) groups excluding carboxylic acids is 1. The average molecular weight is 195 g/mol. The predicted molar refractivity (Wildman–Crippen MR) is 43.9 cm³/mol. The average Bonchev–Trinajstić information content (AvgIpc) is 2.01. The number of rotatable bonds is 4. The Morgan fingerprint density at radius 1 is 1.67 bits per heavy atom. The van der Waals surface area contributed by atoms with Crippen molar-refractivity contribution in [2.45, 2.75) is 18.5 Å². The number of nitrogens with two attached hydrogens (primary N) is 2. The van der Waals surface area contributed by atoms with Crippen molar-refractivity contribution in [2.24, 2.45) is 11.5 Å². The molecular formula is C6H11ClN2O3. The number of carboxylic acid groups (broad SMARTS) is 1. The first kappa shape index (κ1) is 11.4. The summed E-state index contributed by atoms with van der Waals surface area (Å²) in [5.41, 5.74) is 8.35. The van der Waals surface area contributed by atoms with Gasteiger partial charge in [0.25, 0.3) is 0 Å². The zero-order valence-electron chi connectivity index (χ0n) is 6.58. The second kappa shape index (κ2) is 3.84. The first-order chi connectivity index (χ1) is 5.36. The smallest absolute Gasteiger partial charge is 0.332 e. The van der Waals surface area contributed by atoms with E-state index in [1.165, 1.54) is 6.92 Å². The SMILES string of the molecule is CC(N)C(=O)C(N)(CCl)C(=O)O. The summed E-state index contributed by atoms with van der Waals surface area (Å²) >= 11 is 5.26. The maximum atomic E-state index is 11.1. The fraction of sp³-hybridized carbons (Fsp3) is 0.667. The maximum absolute atomic E-state index is 11.1. The molecule has 2 atom stereocenters. The number of Topliss-reactive ketones (excluding diaryl/α,β-unsaturated/α-hetero) is 1. The zero-order valence-corrected chi connectivity index (χ0v) is 7.34. The molecule has 0 amide bonds. The van der Waals surface area contributed by atoms with Crippen LogP contribution in [-0.2, 0) is 9.59 Å². The molecule has 0 aromatic heterocycles. The van der Waals surface area contributed by atoms with Crippen molar-refractivity contribution in [3.05, 3.63) is 0 Å². The summed E-state index contributed by atoms with van der Waals surface area (Å²) < 4.78 is 0. The van der Waals surface area contributed by atoms with Gasteiger partial charge in [-0.3, -0.25) is 4.79 Å². The molecule has 0 bridgehead atoms. The van der Waals surface area contributed by atoms with E-state index in [0.717, 1.165) is 0 Å². The molecule has 0 radical (unpaired) electrons. The Labute approximate surface area is 74.7 Å². The molecule has 0 rings (SSSR count). The van der Waals surface area contributed by atoms with Crippen LogP contribution in [0.2, 0.25) is 0 Å². The Bertz CT molecular complexity index is 207. The maximum Gasteiger partial charge on any atom is 0.332 e. The van der Waals surface area contributed by atoms with Crippen LogP contribution in [0.1, 0.15) is 6.92 Å². The Hall–Kier alpha value is -0.650. The molecule has 5 nitrogen and oxygen atoms in total. The first-order valence-electron chi connectivity index (χ1n) is 3.24. The third-order valence-corrected chi connectivity index (χ3v) is 1.87. The molecule has 6 heteroatoms. The predicted octanol–water partition coefficient (Wildman–Crippen LogP) is -1.08. The lowest BCUT2D eigenvalue weighted by Gasteiger charge is -2.21. The van der Waals surface area contributed by atoms with Crippen molar-refractivity contribution < 1.29 is 14.7 Å². The zero-order chi connectivity index (χ0) is 9.94. The van der Waals surface area contributed by atoms with E-state index in [0.29, 0.717) is 0 Å². The lowest BCUT2D eigenvalue weighted by Crippen LogP contribution is -2.61. The van der Waals surface area contributed by atoms with E-state index in [-0.39, 0.29) is 0 Å². The van der Waals surface area contributed by atoms with Gasteiger partial charge in [0.2, 0.25) is 0 Å². The molecule has 0 aliphatic rings. The highest BCUT2D eigenvalue weighted by Gasteiger charge is 2.42. The molecule has 0 aromatic rings. The minimum absolute atomic E-state index is 0.483. The Morgan fingerprint density at radius 2 is 2.08 bits per heavy atom. The summed E-state index contributed by atoms with van der Waals surface area (Å²) in [6.07, 6.45) is 0. The number of carboxylic acids is 1. The van der Waals surface area contributed by atoms with E-state index in [1.807, 2.05) is 0 Å². The lowest BCUT2D eigenvalue weighted by molar-refractivity contribution is -0.147.